The Labute approximate surface area is 103 Å². The van der Waals surface area contributed by atoms with Crippen LogP contribution in [0.3, 0.4) is 0 Å². The molecule has 0 atom stereocenters. The molecule has 0 bridgehead atoms. The van der Waals surface area contributed by atoms with E-state index in [-0.39, 0.29) is 5.41 Å². The van der Waals surface area contributed by atoms with Crippen molar-refractivity contribution in [1.29, 1.82) is 0 Å². The number of hydrogen-bond acceptors (Lipinski definition) is 1. The SMILES string of the molecule is CC(C)(C)c1ccc2nn(CC3CC3)cc2c1. The molecule has 2 heteroatoms. The van der Waals surface area contributed by atoms with Crippen LogP contribution < -0.4 is 0 Å². The van der Waals surface area contributed by atoms with Crippen LogP contribution in [0.1, 0.15) is 39.2 Å². The van der Waals surface area contributed by atoms with Crippen LogP contribution in [-0.2, 0) is 12.0 Å². The van der Waals surface area contributed by atoms with Gasteiger partial charge in [0.05, 0.1) is 5.52 Å². The van der Waals surface area contributed by atoms with E-state index in [1.165, 1.54) is 23.8 Å². The molecule has 1 aliphatic rings. The zero-order valence-corrected chi connectivity index (χ0v) is 10.9. The topological polar surface area (TPSA) is 17.8 Å². The van der Waals surface area contributed by atoms with Gasteiger partial charge < -0.3 is 0 Å². The van der Waals surface area contributed by atoms with Gasteiger partial charge in [-0.05, 0) is 41.9 Å². The first-order valence-electron chi connectivity index (χ1n) is 6.50. The highest BCUT2D eigenvalue weighted by atomic mass is 15.3. The van der Waals surface area contributed by atoms with Gasteiger partial charge in [-0.2, -0.15) is 5.10 Å². The summed E-state index contributed by atoms with van der Waals surface area (Å²) in [6, 6.07) is 6.64. The molecule has 3 rings (SSSR count). The molecule has 0 spiro atoms. The summed E-state index contributed by atoms with van der Waals surface area (Å²) < 4.78 is 2.12. The second-order valence-electron chi connectivity index (χ2n) is 6.32. The first-order chi connectivity index (χ1) is 8.02. The van der Waals surface area contributed by atoms with Crippen LogP contribution in [-0.4, -0.2) is 9.78 Å². The zero-order valence-electron chi connectivity index (χ0n) is 10.9. The fourth-order valence-electron chi connectivity index (χ4n) is 2.20. The van der Waals surface area contributed by atoms with Gasteiger partial charge >= 0.3 is 0 Å². The van der Waals surface area contributed by atoms with Gasteiger partial charge in [-0.15, -0.1) is 0 Å². The molecule has 17 heavy (non-hydrogen) atoms. The maximum atomic E-state index is 4.63. The Morgan fingerprint density at radius 2 is 2.06 bits per heavy atom. The lowest BCUT2D eigenvalue weighted by atomic mass is 9.86. The zero-order chi connectivity index (χ0) is 12.0. The van der Waals surface area contributed by atoms with Crippen molar-refractivity contribution in [1.82, 2.24) is 9.78 Å². The molecule has 1 aromatic heterocycles. The van der Waals surface area contributed by atoms with E-state index >= 15 is 0 Å². The largest absolute Gasteiger partial charge is 0.271 e. The lowest BCUT2D eigenvalue weighted by Gasteiger charge is -2.18. The lowest BCUT2D eigenvalue weighted by molar-refractivity contribution is 0.568. The quantitative estimate of drug-likeness (QED) is 0.765. The maximum Gasteiger partial charge on any atom is 0.0923 e. The van der Waals surface area contributed by atoms with Crippen LogP contribution in [0.5, 0.6) is 0 Å². The Morgan fingerprint density at radius 3 is 2.71 bits per heavy atom. The van der Waals surface area contributed by atoms with Crippen molar-refractivity contribution in [2.24, 2.45) is 5.92 Å². The van der Waals surface area contributed by atoms with Crippen molar-refractivity contribution in [3.05, 3.63) is 30.0 Å². The van der Waals surface area contributed by atoms with Gasteiger partial charge in [-0.25, -0.2) is 0 Å². The monoisotopic (exact) mass is 228 g/mol. The van der Waals surface area contributed by atoms with Crippen LogP contribution in [0.25, 0.3) is 10.9 Å². The van der Waals surface area contributed by atoms with Crippen LogP contribution >= 0.6 is 0 Å². The summed E-state index contributed by atoms with van der Waals surface area (Å²) in [5.41, 5.74) is 2.72. The van der Waals surface area contributed by atoms with Crippen molar-refractivity contribution in [3.63, 3.8) is 0 Å². The molecular formula is C15H20N2. The summed E-state index contributed by atoms with van der Waals surface area (Å²) in [5, 5.41) is 5.91. The fraction of sp³-hybridized carbons (Fsp3) is 0.533. The molecule has 1 heterocycles. The van der Waals surface area contributed by atoms with E-state index in [4.69, 9.17) is 0 Å². The Hall–Kier alpha value is -1.31. The summed E-state index contributed by atoms with van der Waals surface area (Å²) >= 11 is 0. The first kappa shape index (κ1) is 10.8. The van der Waals surface area contributed by atoms with E-state index < -0.39 is 0 Å². The minimum Gasteiger partial charge on any atom is -0.271 e. The van der Waals surface area contributed by atoms with Gasteiger partial charge in [0.2, 0.25) is 0 Å². The average Bonchev–Trinajstić information content (AvgIpc) is 2.95. The van der Waals surface area contributed by atoms with E-state index in [9.17, 15) is 0 Å². The number of fused-ring (bicyclic) bond motifs is 1. The fourth-order valence-corrected chi connectivity index (χ4v) is 2.20. The number of rotatable bonds is 2. The second kappa shape index (κ2) is 3.59. The summed E-state index contributed by atoms with van der Waals surface area (Å²) in [6.07, 6.45) is 4.95. The summed E-state index contributed by atoms with van der Waals surface area (Å²) in [5.74, 6) is 0.881. The molecule has 0 N–H and O–H groups in total. The molecule has 2 nitrogen and oxygen atoms in total. The third kappa shape index (κ3) is 2.21. The van der Waals surface area contributed by atoms with Gasteiger partial charge in [-0.3, -0.25) is 4.68 Å². The molecule has 0 unspecified atom stereocenters. The molecule has 1 fully saturated rings. The number of nitrogens with zero attached hydrogens (tertiary/aromatic N) is 2. The van der Waals surface area contributed by atoms with Crippen molar-refractivity contribution in [2.45, 2.75) is 45.6 Å². The van der Waals surface area contributed by atoms with E-state index in [0.29, 0.717) is 0 Å². The molecule has 1 saturated carbocycles. The molecule has 0 amide bonds. The Bertz CT molecular complexity index is 542. The van der Waals surface area contributed by atoms with Crippen LogP contribution in [0.4, 0.5) is 0 Å². The minimum atomic E-state index is 0.215. The number of benzene rings is 1. The van der Waals surface area contributed by atoms with Gasteiger partial charge in [0.1, 0.15) is 0 Å². The van der Waals surface area contributed by atoms with Crippen LogP contribution in [0, 0.1) is 5.92 Å². The molecule has 2 aromatic rings. The van der Waals surface area contributed by atoms with Gasteiger partial charge in [0.15, 0.2) is 0 Å². The predicted molar refractivity (Wildman–Crippen MR) is 71.2 cm³/mol. The summed E-state index contributed by atoms with van der Waals surface area (Å²) in [7, 11) is 0. The standard InChI is InChI=1S/C15H20N2/c1-15(2,3)13-6-7-14-12(8-13)10-17(16-14)9-11-4-5-11/h6-8,10-11H,4-5,9H2,1-3H3. The van der Waals surface area contributed by atoms with Gasteiger partial charge in [-0.1, -0.05) is 26.8 Å². The van der Waals surface area contributed by atoms with Crippen molar-refractivity contribution in [3.8, 4) is 0 Å². The molecular weight excluding hydrogens is 208 g/mol. The second-order valence-corrected chi connectivity index (χ2v) is 6.32. The molecule has 0 radical (unpaired) electrons. The number of hydrogen-bond donors (Lipinski definition) is 0. The van der Waals surface area contributed by atoms with E-state index in [1.54, 1.807) is 0 Å². The normalized spacial score (nSPS) is 16.6. The number of aromatic nitrogens is 2. The first-order valence-corrected chi connectivity index (χ1v) is 6.50. The third-order valence-corrected chi connectivity index (χ3v) is 3.56. The Morgan fingerprint density at radius 1 is 1.29 bits per heavy atom. The Balaban J connectivity index is 1.97. The van der Waals surface area contributed by atoms with E-state index in [1.807, 2.05) is 0 Å². The predicted octanol–water partition coefficient (Wildman–Crippen LogP) is 3.74. The average molecular weight is 228 g/mol. The third-order valence-electron chi connectivity index (χ3n) is 3.56. The molecule has 0 saturated heterocycles. The van der Waals surface area contributed by atoms with Gasteiger partial charge in [0.25, 0.3) is 0 Å². The highest BCUT2D eigenvalue weighted by Crippen LogP contribution is 2.31. The van der Waals surface area contributed by atoms with Gasteiger partial charge in [0, 0.05) is 18.1 Å². The van der Waals surface area contributed by atoms with Crippen LogP contribution in [0.15, 0.2) is 24.4 Å². The molecule has 1 aromatic carbocycles. The van der Waals surface area contributed by atoms with Crippen molar-refractivity contribution < 1.29 is 0 Å². The summed E-state index contributed by atoms with van der Waals surface area (Å²) in [4.78, 5) is 0. The smallest absolute Gasteiger partial charge is 0.0923 e. The molecule has 1 aliphatic carbocycles. The van der Waals surface area contributed by atoms with Crippen LogP contribution in [0.2, 0.25) is 0 Å². The van der Waals surface area contributed by atoms with Crippen molar-refractivity contribution >= 4 is 10.9 Å². The van der Waals surface area contributed by atoms with E-state index in [2.05, 4.69) is 54.9 Å². The summed E-state index contributed by atoms with van der Waals surface area (Å²) in [6.45, 7) is 7.86. The van der Waals surface area contributed by atoms with Crippen molar-refractivity contribution in [2.75, 3.05) is 0 Å². The lowest BCUT2D eigenvalue weighted by Crippen LogP contribution is -2.10. The molecule has 90 valence electrons. The minimum absolute atomic E-state index is 0.215. The van der Waals surface area contributed by atoms with E-state index in [0.717, 1.165) is 18.0 Å². The Kier molecular flexibility index (Phi) is 2.29. The molecule has 0 aliphatic heterocycles. The highest BCUT2D eigenvalue weighted by molar-refractivity contribution is 5.79. The maximum absolute atomic E-state index is 4.63. The highest BCUT2D eigenvalue weighted by Gasteiger charge is 2.22.